The molecule has 0 fully saturated rings. The van der Waals surface area contributed by atoms with Crippen molar-refractivity contribution in [3.8, 4) is 0 Å². The second-order valence-corrected chi connectivity index (χ2v) is 8.19. The van der Waals surface area contributed by atoms with Gasteiger partial charge in [0.25, 0.3) is 5.91 Å². The summed E-state index contributed by atoms with van der Waals surface area (Å²) in [6, 6.07) is 3.12. The van der Waals surface area contributed by atoms with Crippen molar-refractivity contribution >= 4 is 46.7 Å². The maximum atomic E-state index is 13.3. The van der Waals surface area contributed by atoms with Gasteiger partial charge in [-0.1, -0.05) is 43.0 Å². The minimum atomic E-state index is -0.990. The van der Waals surface area contributed by atoms with E-state index < -0.39 is 24.0 Å². The molecule has 0 bridgehead atoms. The summed E-state index contributed by atoms with van der Waals surface area (Å²) in [5.41, 5.74) is 6.14. The van der Waals surface area contributed by atoms with E-state index in [4.69, 9.17) is 33.7 Å². The third kappa shape index (κ3) is 8.67. The number of methoxy groups -OCH3 is 1. The molecule has 0 aliphatic rings. The molecule has 2 amide bonds. The molecule has 0 aromatic heterocycles. The lowest BCUT2D eigenvalue weighted by molar-refractivity contribution is -0.160. The molecule has 0 unspecified atom stereocenters. The lowest BCUT2D eigenvalue weighted by atomic mass is 10.0. The highest BCUT2D eigenvalue weighted by molar-refractivity contribution is 6.42. The minimum absolute atomic E-state index is 0.184. The number of carbonyl (C=O) groups excluding carboxylic acids is 3. The topological polar surface area (TPSA) is 102 Å². The lowest BCUT2D eigenvalue weighted by Crippen LogP contribution is -2.53. The standard InChI is InChI=1S/C22H33Cl2N3O4/c1-4-5-6-10-20(28)27(19(22(30)31-3)9-7-8-13-25)21(29)15(2)26-16-11-12-17(23)18(24)14-16/h11-12,14-15,19,26H,4-10,13,25H2,1-3H3/t15-,19-/m0/s1. The number of hydrogen-bond acceptors (Lipinski definition) is 6. The number of nitrogens with two attached hydrogens (primary N) is 1. The first kappa shape index (κ1) is 27.2. The molecular formula is C22H33Cl2N3O4. The lowest BCUT2D eigenvalue weighted by Gasteiger charge is -2.31. The molecule has 0 saturated heterocycles. The van der Waals surface area contributed by atoms with E-state index in [9.17, 15) is 14.4 Å². The number of hydrogen-bond donors (Lipinski definition) is 2. The number of nitrogens with one attached hydrogen (secondary N) is 1. The van der Waals surface area contributed by atoms with E-state index in [0.29, 0.717) is 48.0 Å². The summed E-state index contributed by atoms with van der Waals surface area (Å²) in [6.45, 7) is 4.12. The van der Waals surface area contributed by atoms with Crippen molar-refractivity contribution in [3.05, 3.63) is 28.2 Å². The third-order valence-corrected chi connectivity index (χ3v) is 5.63. The first-order valence-electron chi connectivity index (χ1n) is 10.6. The van der Waals surface area contributed by atoms with Crippen LogP contribution in [0.5, 0.6) is 0 Å². The molecule has 0 aliphatic heterocycles. The molecule has 7 nitrogen and oxygen atoms in total. The van der Waals surface area contributed by atoms with E-state index in [1.165, 1.54) is 7.11 Å². The van der Waals surface area contributed by atoms with Gasteiger partial charge in [-0.15, -0.1) is 0 Å². The molecule has 1 rings (SSSR count). The first-order valence-corrected chi connectivity index (χ1v) is 11.4. The van der Waals surface area contributed by atoms with Crippen LogP contribution in [-0.4, -0.2) is 48.4 Å². The monoisotopic (exact) mass is 473 g/mol. The summed E-state index contributed by atoms with van der Waals surface area (Å²) in [5.74, 6) is -1.50. The highest BCUT2D eigenvalue weighted by atomic mass is 35.5. The number of benzene rings is 1. The van der Waals surface area contributed by atoms with E-state index in [-0.39, 0.29) is 12.3 Å². The van der Waals surface area contributed by atoms with E-state index in [1.807, 2.05) is 6.92 Å². The largest absolute Gasteiger partial charge is 0.467 e. The van der Waals surface area contributed by atoms with Crippen molar-refractivity contribution in [3.63, 3.8) is 0 Å². The van der Waals surface area contributed by atoms with Gasteiger partial charge >= 0.3 is 5.97 Å². The fourth-order valence-corrected chi connectivity index (χ4v) is 3.47. The number of imide groups is 1. The first-order chi connectivity index (χ1) is 14.8. The molecule has 0 aliphatic carbocycles. The Labute approximate surface area is 194 Å². The predicted molar refractivity (Wildman–Crippen MR) is 124 cm³/mol. The number of anilines is 1. The maximum Gasteiger partial charge on any atom is 0.329 e. The van der Waals surface area contributed by atoms with Gasteiger partial charge < -0.3 is 15.8 Å². The Morgan fingerprint density at radius 1 is 1.13 bits per heavy atom. The number of halogens is 2. The molecule has 0 radical (unpaired) electrons. The second kappa shape index (κ2) is 14.3. The number of nitrogens with zero attached hydrogens (tertiary/aromatic N) is 1. The van der Waals surface area contributed by atoms with Crippen LogP contribution < -0.4 is 11.1 Å². The van der Waals surface area contributed by atoms with E-state index >= 15 is 0 Å². The Bertz CT molecular complexity index is 745. The SMILES string of the molecule is CCCCCC(=O)N(C(=O)[C@H](C)Nc1ccc(Cl)c(Cl)c1)[C@@H](CCCCN)C(=O)OC. The Morgan fingerprint density at radius 2 is 1.84 bits per heavy atom. The second-order valence-electron chi connectivity index (χ2n) is 7.38. The highest BCUT2D eigenvalue weighted by Gasteiger charge is 2.36. The molecule has 2 atom stereocenters. The van der Waals surface area contributed by atoms with Crippen molar-refractivity contribution in [1.29, 1.82) is 0 Å². The normalized spacial score (nSPS) is 12.7. The number of ether oxygens (including phenoxy) is 1. The highest BCUT2D eigenvalue weighted by Crippen LogP contribution is 2.26. The van der Waals surface area contributed by atoms with Gasteiger partial charge in [-0.05, 0) is 57.4 Å². The van der Waals surface area contributed by atoms with Crippen molar-refractivity contribution in [2.45, 2.75) is 70.9 Å². The fourth-order valence-electron chi connectivity index (χ4n) is 3.17. The summed E-state index contributed by atoms with van der Waals surface area (Å²) < 4.78 is 4.91. The zero-order valence-electron chi connectivity index (χ0n) is 18.5. The van der Waals surface area contributed by atoms with Crippen LogP contribution in [0.2, 0.25) is 10.0 Å². The molecule has 0 heterocycles. The van der Waals surface area contributed by atoms with Crippen molar-refractivity contribution < 1.29 is 19.1 Å². The van der Waals surface area contributed by atoms with Crippen LogP contribution in [0, 0.1) is 0 Å². The molecule has 0 spiro atoms. The average Bonchev–Trinajstić information content (AvgIpc) is 2.75. The van der Waals surface area contributed by atoms with Gasteiger partial charge in [0.05, 0.1) is 17.2 Å². The Morgan fingerprint density at radius 3 is 2.42 bits per heavy atom. The zero-order chi connectivity index (χ0) is 23.4. The zero-order valence-corrected chi connectivity index (χ0v) is 20.0. The maximum absolute atomic E-state index is 13.3. The molecule has 31 heavy (non-hydrogen) atoms. The molecule has 1 aromatic carbocycles. The molecular weight excluding hydrogens is 441 g/mol. The summed E-state index contributed by atoms with van der Waals surface area (Å²) in [6.07, 6.45) is 4.20. The van der Waals surface area contributed by atoms with Gasteiger partial charge in [-0.2, -0.15) is 0 Å². The van der Waals surface area contributed by atoms with Crippen molar-refractivity contribution in [2.75, 3.05) is 19.0 Å². The third-order valence-electron chi connectivity index (χ3n) is 4.89. The number of unbranched alkanes of at least 4 members (excludes halogenated alkanes) is 3. The molecule has 9 heteroatoms. The molecule has 0 saturated carbocycles. The fraction of sp³-hybridized carbons (Fsp3) is 0.591. The average molecular weight is 474 g/mol. The summed E-state index contributed by atoms with van der Waals surface area (Å²) in [5, 5.41) is 3.77. The van der Waals surface area contributed by atoms with Gasteiger partial charge in [-0.3, -0.25) is 14.5 Å². The Kier molecular flexibility index (Phi) is 12.5. The van der Waals surface area contributed by atoms with Gasteiger partial charge in [0, 0.05) is 12.1 Å². The predicted octanol–water partition coefficient (Wildman–Crippen LogP) is 4.40. The molecule has 1 aromatic rings. The number of esters is 1. The van der Waals surface area contributed by atoms with Crippen LogP contribution in [0.15, 0.2) is 18.2 Å². The van der Waals surface area contributed by atoms with Crippen LogP contribution in [0.4, 0.5) is 5.69 Å². The van der Waals surface area contributed by atoms with Gasteiger partial charge in [0.2, 0.25) is 5.91 Å². The summed E-state index contributed by atoms with van der Waals surface area (Å²) in [4.78, 5) is 39.9. The quantitative estimate of drug-likeness (QED) is 0.325. The van der Waals surface area contributed by atoms with Gasteiger partial charge in [0.15, 0.2) is 0 Å². The number of rotatable bonds is 13. The van der Waals surface area contributed by atoms with Crippen LogP contribution >= 0.6 is 23.2 Å². The summed E-state index contributed by atoms with van der Waals surface area (Å²) >= 11 is 12.0. The Hall–Kier alpha value is -1.83. The van der Waals surface area contributed by atoms with Gasteiger partial charge in [-0.25, -0.2) is 4.79 Å². The van der Waals surface area contributed by atoms with E-state index in [0.717, 1.165) is 17.7 Å². The van der Waals surface area contributed by atoms with Crippen molar-refractivity contribution in [2.24, 2.45) is 5.73 Å². The van der Waals surface area contributed by atoms with E-state index in [2.05, 4.69) is 5.32 Å². The van der Waals surface area contributed by atoms with Crippen LogP contribution in [0.3, 0.4) is 0 Å². The number of carbonyl (C=O) groups is 3. The molecule has 174 valence electrons. The van der Waals surface area contributed by atoms with E-state index in [1.54, 1.807) is 25.1 Å². The van der Waals surface area contributed by atoms with Crippen LogP contribution in [0.25, 0.3) is 0 Å². The smallest absolute Gasteiger partial charge is 0.329 e. The Balaban J connectivity index is 3.12. The number of amides is 2. The van der Waals surface area contributed by atoms with Crippen molar-refractivity contribution in [1.82, 2.24) is 4.90 Å². The van der Waals surface area contributed by atoms with Crippen LogP contribution in [0.1, 0.15) is 58.8 Å². The molecule has 3 N–H and O–H groups in total. The van der Waals surface area contributed by atoms with Gasteiger partial charge in [0.1, 0.15) is 12.1 Å². The van der Waals surface area contributed by atoms with Crippen LogP contribution in [-0.2, 0) is 19.1 Å². The minimum Gasteiger partial charge on any atom is -0.467 e. The summed E-state index contributed by atoms with van der Waals surface area (Å²) in [7, 11) is 1.25.